The largest absolute Gasteiger partial charge is 0.481 e. The van der Waals surface area contributed by atoms with Crippen molar-refractivity contribution >= 4 is 28.6 Å². The lowest BCUT2D eigenvalue weighted by molar-refractivity contribution is -0.139. The molecule has 1 rings (SSSR count). The van der Waals surface area contributed by atoms with E-state index >= 15 is 0 Å². The van der Waals surface area contributed by atoms with Crippen LogP contribution < -0.4 is 0 Å². The molecule has 0 aliphatic rings. The molecule has 0 aliphatic heterocycles. The molecule has 1 aromatic carbocycles. The summed E-state index contributed by atoms with van der Waals surface area (Å²) >= 11 is 2.27. The first kappa shape index (κ1) is 11.5. The van der Waals surface area contributed by atoms with Crippen LogP contribution in [0.4, 0.5) is 0 Å². The standard InChI is InChI=1S/C11H13IO2/c12-8-4-7-10(11(13)14)9-5-2-1-3-6-9/h1-3,5-6,10H,4,7-8H2,(H,13,14)/t10-/m1/s1. The fraction of sp³-hybridized carbons (Fsp3) is 0.364. The highest BCUT2D eigenvalue weighted by Gasteiger charge is 2.18. The van der Waals surface area contributed by atoms with E-state index < -0.39 is 5.97 Å². The average Bonchev–Trinajstić information content (AvgIpc) is 2.19. The molecule has 0 heterocycles. The van der Waals surface area contributed by atoms with Gasteiger partial charge in [-0.1, -0.05) is 52.9 Å². The molecule has 14 heavy (non-hydrogen) atoms. The van der Waals surface area contributed by atoms with Gasteiger partial charge in [0.15, 0.2) is 0 Å². The number of aliphatic carboxylic acids is 1. The molecule has 0 unspecified atom stereocenters. The van der Waals surface area contributed by atoms with Crippen molar-refractivity contribution in [1.82, 2.24) is 0 Å². The number of halogens is 1. The second-order valence-electron chi connectivity index (χ2n) is 3.13. The molecule has 76 valence electrons. The van der Waals surface area contributed by atoms with E-state index in [1.54, 1.807) is 0 Å². The van der Waals surface area contributed by atoms with Crippen LogP contribution >= 0.6 is 22.6 Å². The normalized spacial score (nSPS) is 12.4. The van der Waals surface area contributed by atoms with Gasteiger partial charge < -0.3 is 5.11 Å². The van der Waals surface area contributed by atoms with Crippen molar-refractivity contribution in [3.05, 3.63) is 35.9 Å². The van der Waals surface area contributed by atoms with Gasteiger partial charge in [0, 0.05) is 0 Å². The van der Waals surface area contributed by atoms with Crippen LogP contribution in [0.25, 0.3) is 0 Å². The Morgan fingerprint density at radius 2 is 2.00 bits per heavy atom. The van der Waals surface area contributed by atoms with Gasteiger partial charge >= 0.3 is 5.97 Å². The molecule has 0 bridgehead atoms. The van der Waals surface area contributed by atoms with Crippen molar-refractivity contribution in [1.29, 1.82) is 0 Å². The summed E-state index contributed by atoms with van der Waals surface area (Å²) in [4.78, 5) is 11.0. The quantitative estimate of drug-likeness (QED) is 0.670. The SMILES string of the molecule is O=C(O)[C@H](CCCI)c1ccccc1. The van der Waals surface area contributed by atoms with E-state index in [0.29, 0.717) is 0 Å². The summed E-state index contributed by atoms with van der Waals surface area (Å²) < 4.78 is 1.01. The van der Waals surface area contributed by atoms with Gasteiger partial charge in [-0.25, -0.2) is 0 Å². The number of benzene rings is 1. The Morgan fingerprint density at radius 1 is 1.36 bits per heavy atom. The highest BCUT2D eigenvalue weighted by atomic mass is 127. The second-order valence-corrected chi connectivity index (χ2v) is 4.21. The smallest absolute Gasteiger partial charge is 0.310 e. The highest BCUT2D eigenvalue weighted by molar-refractivity contribution is 14.1. The van der Waals surface area contributed by atoms with Gasteiger partial charge in [-0.2, -0.15) is 0 Å². The molecule has 0 saturated heterocycles. The van der Waals surface area contributed by atoms with Crippen LogP contribution in [0.3, 0.4) is 0 Å². The lowest BCUT2D eigenvalue weighted by atomic mass is 9.95. The fourth-order valence-electron chi connectivity index (χ4n) is 1.40. The van der Waals surface area contributed by atoms with Gasteiger partial charge in [0.1, 0.15) is 0 Å². The first-order chi connectivity index (χ1) is 6.75. The lowest BCUT2D eigenvalue weighted by Crippen LogP contribution is -2.11. The third-order valence-electron chi connectivity index (χ3n) is 2.13. The van der Waals surface area contributed by atoms with Crippen LogP contribution in [-0.2, 0) is 4.79 Å². The maximum Gasteiger partial charge on any atom is 0.310 e. The molecule has 2 nitrogen and oxygen atoms in total. The molecule has 0 aliphatic carbocycles. The number of hydrogen-bond acceptors (Lipinski definition) is 1. The predicted octanol–water partition coefficient (Wildman–Crippen LogP) is 3.07. The molecule has 0 spiro atoms. The van der Waals surface area contributed by atoms with Crippen LogP contribution in [-0.4, -0.2) is 15.5 Å². The third-order valence-corrected chi connectivity index (χ3v) is 2.89. The van der Waals surface area contributed by atoms with Crippen LogP contribution in [0.2, 0.25) is 0 Å². The molecule has 0 saturated carbocycles. The summed E-state index contributed by atoms with van der Waals surface area (Å²) in [6.07, 6.45) is 1.68. The van der Waals surface area contributed by atoms with Gasteiger partial charge in [-0.05, 0) is 22.8 Å². The van der Waals surface area contributed by atoms with Crippen molar-refractivity contribution < 1.29 is 9.90 Å². The van der Waals surface area contributed by atoms with Crippen molar-refractivity contribution in [2.75, 3.05) is 4.43 Å². The zero-order valence-corrected chi connectivity index (χ0v) is 9.98. The first-order valence-corrected chi connectivity index (χ1v) is 6.12. The minimum atomic E-state index is -0.721. The number of hydrogen-bond donors (Lipinski definition) is 1. The van der Waals surface area contributed by atoms with E-state index in [1.807, 2.05) is 30.3 Å². The number of rotatable bonds is 5. The summed E-state index contributed by atoms with van der Waals surface area (Å²) in [5.74, 6) is -1.06. The Morgan fingerprint density at radius 3 is 2.50 bits per heavy atom. The maximum absolute atomic E-state index is 11.0. The topological polar surface area (TPSA) is 37.3 Å². The van der Waals surface area contributed by atoms with Crippen LogP contribution in [0.5, 0.6) is 0 Å². The summed E-state index contributed by atoms with van der Waals surface area (Å²) in [5.41, 5.74) is 0.907. The van der Waals surface area contributed by atoms with Crippen LogP contribution in [0.1, 0.15) is 24.3 Å². The summed E-state index contributed by atoms with van der Waals surface area (Å²) in [6.45, 7) is 0. The van der Waals surface area contributed by atoms with Crippen LogP contribution in [0.15, 0.2) is 30.3 Å². The maximum atomic E-state index is 11.0. The molecular formula is C11H13IO2. The molecule has 1 N–H and O–H groups in total. The molecule has 1 aromatic rings. The van der Waals surface area contributed by atoms with Gasteiger partial charge in [0.25, 0.3) is 0 Å². The number of alkyl halides is 1. The van der Waals surface area contributed by atoms with E-state index in [9.17, 15) is 4.79 Å². The van der Waals surface area contributed by atoms with Crippen molar-refractivity contribution in [2.45, 2.75) is 18.8 Å². The zero-order chi connectivity index (χ0) is 10.4. The molecule has 3 heteroatoms. The van der Waals surface area contributed by atoms with Gasteiger partial charge in [-0.15, -0.1) is 0 Å². The minimum Gasteiger partial charge on any atom is -0.481 e. The number of carboxylic acids is 1. The summed E-state index contributed by atoms with van der Waals surface area (Å²) in [5, 5.41) is 9.05. The molecule has 0 radical (unpaired) electrons. The molecule has 0 aromatic heterocycles. The van der Waals surface area contributed by atoms with E-state index in [1.165, 1.54) is 0 Å². The van der Waals surface area contributed by atoms with Crippen molar-refractivity contribution in [3.8, 4) is 0 Å². The summed E-state index contributed by atoms with van der Waals surface area (Å²) in [6, 6.07) is 9.43. The monoisotopic (exact) mass is 304 g/mol. The summed E-state index contributed by atoms with van der Waals surface area (Å²) in [7, 11) is 0. The highest BCUT2D eigenvalue weighted by Crippen LogP contribution is 2.21. The van der Waals surface area contributed by atoms with E-state index in [4.69, 9.17) is 5.11 Å². The van der Waals surface area contributed by atoms with Crippen LogP contribution in [0, 0.1) is 0 Å². The lowest BCUT2D eigenvalue weighted by Gasteiger charge is -2.11. The predicted molar refractivity (Wildman–Crippen MR) is 64.9 cm³/mol. The molecular weight excluding hydrogens is 291 g/mol. The Kier molecular flexibility index (Phi) is 4.93. The third kappa shape index (κ3) is 3.29. The Labute approximate surface area is 97.5 Å². The zero-order valence-electron chi connectivity index (χ0n) is 7.82. The van der Waals surface area contributed by atoms with Crippen molar-refractivity contribution in [3.63, 3.8) is 0 Å². The Balaban J connectivity index is 2.73. The number of carboxylic acid groups (broad SMARTS) is 1. The van der Waals surface area contributed by atoms with E-state index in [2.05, 4.69) is 22.6 Å². The number of carbonyl (C=O) groups is 1. The van der Waals surface area contributed by atoms with Gasteiger partial charge in [0.2, 0.25) is 0 Å². The fourth-order valence-corrected chi connectivity index (χ4v) is 1.84. The molecule has 1 atom stereocenters. The van der Waals surface area contributed by atoms with E-state index in [-0.39, 0.29) is 5.92 Å². The Bertz CT molecular complexity index is 285. The Hall–Kier alpha value is -0.580. The minimum absolute atomic E-state index is 0.342. The van der Waals surface area contributed by atoms with Gasteiger partial charge in [-0.3, -0.25) is 4.79 Å². The van der Waals surface area contributed by atoms with Crippen molar-refractivity contribution in [2.24, 2.45) is 0 Å². The first-order valence-electron chi connectivity index (χ1n) is 4.59. The van der Waals surface area contributed by atoms with E-state index in [0.717, 1.165) is 22.8 Å². The second kappa shape index (κ2) is 6.01. The average molecular weight is 304 g/mol. The molecule has 0 amide bonds. The molecule has 0 fully saturated rings. The van der Waals surface area contributed by atoms with Gasteiger partial charge in [0.05, 0.1) is 5.92 Å².